The quantitative estimate of drug-likeness (QED) is 0.592. The second-order valence-corrected chi connectivity index (χ2v) is 5.35. The van der Waals surface area contributed by atoms with Crippen LogP contribution in [0, 0.1) is 0 Å². The maximum atomic E-state index is 12.1. The van der Waals surface area contributed by atoms with Crippen molar-refractivity contribution in [2.45, 2.75) is 25.4 Å². The number of cyclic esters (lactones) is 1. The van der Waals surface area contributed by atoms with Gasteiger partial charge in [-0.25, -0.2) is 4.79 Å². The van der Waals surface area contributed by atoms with Gasteiger partial charge in [-0.15, -0.1) is 0 Å². The molecule has 1 unspecified atom stereocenters. The Morgan fingerprint density at radius 1 is 1.17 bits per heavy atom. The maximum Gasteiger partial charge on any atom is 0.347 e. The first kappa shape index (κ1) is 15.2. The van der Waals surface area contributed by atoms with Crippen LogP contribution in [0.4, 0.5) is 0 Å². The molecule has 0 N–H and O–H groups in total. The molecule has 1 fully saturated rings. The highest BCUT2D eigenvalue weighted by molar-refractivity contribution is 6.21. The first-order chi connectivity index (χ1) is 11.1. The van der Waals surface area contributed by atoms with Crippen LogP contribution in [0.15, 0.2) is 24.3 Å². The number of imide groups is 1. The van der Waals surface area contributed by atoms with E-state index in [-0.39, 0.29) is 37.8 Å². The van der Waals surface area contributed by atoms with Gasteiger partial charge in [-0.05, 0) is 18.6 Å². The molecule has 1 aromatic rings. The first-order valence-electron chi connectivity index (χ1n) is 7.39. The first-order valence-corrected chi connectivity index (χ1v) is 7.39. The summed E-state index contributed by atoms with van der Waals surface area (Å²) < 4.78 is 9.70. The fraction of sp³-hybridized carbons (Fsp3) is 0.375. The van der Waals surface area contributed by atoms with Gasteiger partial charge in [-0.1, -0.05) is 12.1 Å². The van der Waals surface area contributed by atoms with Crippen molar-refractivity contribution in [3.05, 3.63) is 35.4 Å². The summed E-state index contributed by atoms with van der Waals surface area (Å²) in [5.74, 6) is -1.76. The Bertz CT molecular complexity index is 648. The molecule has 7 heteroatoms. The van der Waals surface area contributed by atoms with Crippen molar-refractivity contribution in [2.75, 3.05) is 13.2 Å². The lowest BCUT2D eigenvalue weighted by atomic mass is 10.1. The molecule has 0 aromatic heterocycles. The molecule has 23 heavy (non-hydrogen) atoms. The van der Waals surface area contributed by atoms with Gasteiger partial charge in [0.1, 0.15) is 0 Å². The predicted octanol–water partition coefficient (Wildman–Crippen LogP) is 0.921. The average molecular weight is 317 g/mol. The third-order valence-corrected chi connectivity index (χ3v) is 3.80. The van der Waals surface area contributed by atoms with Crippen LogP contribution in [0.2, 0.25) is 0 Å². The Balaban J connectivity index is 1.50. The van der Waals surface area contributed by atoms with E-state index in [0.717, 1.165) is 4.90 Å². The largest absolute Gasteiger partial charge is 0.463 e. The normalized spacial score (nSPS) is 19.7. The van der Waals surface area contributed by atoms with Crippen LogP contribution >= 0.6 is 0 Å². The van der Waals surface area contributed by atoms with E-state index in [1.165, 1.54) is 0 Å². The Labute approximate surface area is 132 Å². The van der Waals surface area contributed by atoms with Gasteiger partial charge in [0.15, 0.2) is 0 Å². The highest BCUT2D eigenvalue weighted by atomic mass is 16.6. The van der Waals surface area contributed by atoms with Crippen molar-refractivity contribution < 1.29 is 28.7 Å². The third-order valence-electron chi connectivity index (χ3n) is 3.80. The molecule has 120 valence electrons. The van der Waals surface area contributed by atoms with Gasteiger partial charge in [0.25, 0.3) is 11.8 Å². The number of carbonyl (C=O) groups excluding carboxylic acids is 4. The van der Waals surface area contributed by atoms with Crippen LogP contribution in [0.25, 0.3) is 0 Å². The van der Waals surface area contributed by atoms with E-state index < -0.39 is 18.0 Å². The van der Waals surface area contributed by atoms with Crippen LogP contribution in [0.5, 0.6) is 0 Å². The number of ether oxygens (including phenoxy) is 2. The van der Waals surface area contributed by atoms with Crippen LogP contribution in [0.3, 0.4) is 0 Å². The molecule has 1 atom stereocenters. The summed E-state index contributed by atoms with van der Waals surface area (Å²) in [7, 11) is 0. The number of carbonyl (C=O) groups is 4. The Hall–Kier alpha value is -2.70. The van der Waals surface area contributed by atoms with Gasteiger partial charge < -0.3 is 9.47 Å². The minimum absolute atomic E-state index is 0.0250. The minimum atomic E-state index is -0.832. The van der Waals surface area contributed by atoms with Crippen molar-refractivity contribution in [1.29, 1.82) is 0 Å². The summed E-state index contributed by atoms with van der Waals surface area (Å²) in [6, 6.07) is 6.61. The number of fused-ring (bicyclic) bond motifs is 1. The standard InChI is InChI=1S/C16H15NO6/c18-13(23-12-7-9-22-16(12)21)6-3-8-17-14(19)10-4-1-2-5-11(10)15(17)20/h1-2,4-5,12H,3,6-9H2. The lowest BCUT2D eigenvalue weighted by molar-refractivity contribution is -0.160. The van der Waals surface area contributed by atoms with E-state index in [1.807, 2.05) is 0 Å². The monoisotopic (exact) mass is 317 g/mol. The van der Waals surface area contributed by atoms with Gasteiger partial charge in [0, 0.05) is 19.4 Å². The van der Waals surface area contributed by atoms with Crippen molar-refractivity contribution in [3.63, 3.8) is 0 Å². The van der Waals surface area contributed by atoms with Crippen LogP contribution < -0.4 is 0 Å². The molecule has 2 aliphatic rings. The zero-order valence-electron chi connectivity index (χ0n) is 12.3. The topological polar surface area (TPSA) is 90.0 Å². The highest BCUT2D eigenvalue weighted by Gasteiger charge is 2.35. The van der Waals surface area contributed by atoms with Crippen LogP contribution in [-0.2, 0) is 19.1 Å². The molecule has 1 saturated heterocycles. The summed E-state index contributed by atoms with van der Waals surface area (Å²) in [6.07, 6.45) is -0.159. The molecule has 0 spiro atoms. The van der Waals surface area contributed by atoms with Gasteiger partial charge >= 0.3 is 11.9 Å². The Morgan fingerprint density at radius 3 is 2.39 bits per heavy atom. The number of esters is 2. The van der Waals surface area contributed by atoms with E-state index in [4.69, 9.17) is 9.47 Å². The summed E-state index contributed by atoms with van der Waals surface area (Å²) in [5, 5.41) is 0. The summed E-state index contributed by atoms with van der Waals surface area (Å²) in [5.41, 5.74) is 0.766. The van der Waals surface area contributed by atoms with Crippen molar-refractivity contribution in [2.24, 2.45) is 0 Å². The highest BCUT2D eigenvalue weighted by Crippen LogP contribution is 2.22. The fourth-order valence-electron chi connectivity index (χ4n) is 2.63. The molecular formula is C16H15NO6. The lowest BCUT2D eigenvalue weighted by Gasteiger charge is -2.13. The van der Waals surface area contributed by atoms with Crippen molar-refractivity contribution in [3.8, 4) is 0 Å². The number of hydrogen-bond donors (Lipinski definition) is 0. The minimum Gasteiger partial charge on any atom is -0.463 e. The molecule has 0 saturated carbocycles. The van der Waals surface area contributed by atoms with Gasteiger partial charge in [0.2, 0.25) is 6.10 Å². The van der Waals surface area contributed by atoms with E-state index in [9.17, 15) is 19.2 Å². The summed E-state index contributed by atoms with van der Waals surface area (Å²) >= 11 is 0. The molecule has 3 rings (SSSR count). The molecule has 7 nitrogen and oxygen atoms in total. The van der Waals surface area contributed by atoms with Gasteiger partial charge in [0.05, 0.1) is 17.7 Å². The van der Waals surface area contributed by atoms with Crippen LogP contribution in [-0.4, -0.2) is 47.9 Å². The number of nitrogens with zero attached hydrogens (tertiary/aromatic N) is 1. The molecule has 2 aliphatic heterocycles. The molecule has 2 heterocycles. The fourth-order valence-corrected chi connectivity index (χ4v) is 2.63. The molecule has 0 radical (unpaired) electrons. The van der Waals surface area contributed by atoms with Crippen molar-refractivity contribution >= 4 is 23.8 Å². The zero-order valence-corrected chi connectivity index (χ0v) is 12.3. The molecule has 0 bridgehead atoms. The third kappa shape index (κ3) is 2.94. The van der Waals surface area contributed by atoms with Crippen LogP contribution in [0.1, 0.15) is 40.0 Å². The molecule has 2 amide bonds. The van der Waals surface area contributed by atoms with Gasteiger partial charge in [-0.2, -0.15) is 0 Å². The maximum absolute atomic E-state index is 12.1. The lowest BCUT2D eigenvalue weighted by Crippen LogP contribution is -2.31. The Kier molecular flexibility index (Phi) is 4.10. The SMILES string of the molecule is O=C(CCCN1C(=O)c2ccccc2C1=O)OC1CCOC1=O. The average Bonchev–Trinajstić information content (AvgIpc) is 3.04. The number of amides is 2. The molecular weight excluding hydrogens is 302 g/mol. The zero-order chi connectivity index (χ0) is 16.4. The predicted molar refractivity (Wildman–Crippen MR) is 76.5 cm³/mol. The molecule has 1 aromatic carbocycles. The van der Waals surface area contributed by atoms with E-state index in [2.05, 4.69) is 0 Å². The van der Waals surface area contributed by atoms with E-state index in [1.54, 1.807) is 24.3 Å². The second kappa shape index (κ2) is 6.20. The summed E-state index contributed by atoms with van der Waals surface area (Å²) in [6.45, 7) is 0.391. The Morgan fingerprint density at radius 2 is 1.83 bits per heavy atom. The second-order valence-electron chi connectivity index (χ2n) is 5.35. The van der Waals surface area contributed by atoms with E-state index >= 15 is 0 Å². The summed E-state index contributed by atoms with van der Waals surface area (Å²) in [4.78, 5) is 48.3. The number of hydrogen-bond acceptors (Lipinski definition) is 6. The molecule has 0 aliphatic carbocycles. The number of benzene rings is 1. The number of rotatable bonds is 5. The van der Waals surface area contributed by atoms with E-state index in [0.29, 0.717) is 17.5 Å². The smallest absolute Gasteiger partial charge is 0.347 e. The van der Waals surface area contributed by atoms with Gasteiger partial charge in [-0.3, -0.25) is 19.3 Å². The van der Waals surface area contributed by atoms with Crippen molar-refractivity contribution in [1.82, 2.24) is 4.90 Å².